The molecule has 0 bridgehead atoms. The van der Waals surface area contributed by atoms with Gasteiger partial charge >= 0.3 is 0 Å². The molecule has 0 saturated carbocycles. The summed E-state index contributed by atoms with van der Waals surface area (Å²) in [6, 6.07) is 12.2. The van der Waals surface area contributed by atoms with E-state index in [4.69, 9.17) is 4.52 Å². The van der Waals surface area contributed by atoms with E-state index in [0.717, 1.165) is 29.1 Å². The average Bonchev–Trinajstić information content (AvgIpc) is 3.06. The van der Waals surface area contributed by atoms with E-state index in [-0.39, 0.29) is 5.82 Å². The standard InChI is InChI=1S/C19H18FN3O/c1-23(11-3-4-15-6-8-17(20)9-7-15)14-18-12-19(22-24-18)16-5-2-10-21-13-16/h2-10,12-13H,11,14H2,1H3. The molecule has 0 unspecified atom stereocenters. The van der Waals surface area contributed by atoms with Crippen LogP contribution in [-0.2, 0) is 6.54 Å². The van der Waals surface area contributed by atoms with E-state index < -0.39 is 0 Å². The fraction of sp³-hybridized carbons (Fsp3) is 0.158. The van der Waals surface area contributed by atoms with Crippen LogP contribution in [0.25, 0.3) is 17.3 Å². The molecular formula is C19H18FN3O. The number of likely N-dealkylation sites (N-methyl/N-ethyl adjacent to an activating group) is 1. The molecule has 0 aliphatic heterocycles. The van der Waals surface area contributed by atoms with Gasteiger partial charge in [-0.1, -0.05) is 29.4 Å². The fourth-order valence-corrected chi connectivity index (χ4v) is 2.31. The summed E-state index contributed by atoms with van der Waals surface area (Å²) in [4.78, 5) is 6.19. The maximum Gasteiger partial charge on any atom is 0.151 e. The number of pyridine rings is 1. The van der Waals surface area contributed by atoms with E-state index in [1.54, 1.807) is 24.5 Å². The van der Waals surface area contributed by atoms with Crippen LogP contribution in [-0.4, -0.2) is 28.6 Å². The van der Waals surface area contributed by atoms with Gasteiger partial charge in [0, 0.05) is 30.6 Å². The van der Waals surface area contributed by atoms with E-state index in [1.807, 2.05) is 37.4 Å². The highest BCUT2D eigenvalue weighted by atomic mass is 19.1. The summed E-state index contributed by atoms with van der Waals surface area (Å²) in [5, 5.41) is 4.08. The van der Waals surface area contributed by atoms with E-state index in [1.165, 1.54) is 12.1 Å². The third-order valence-corrected chi connectivity index (χ3v) is 3.54. The Kier molecular flexibility index (Phi) is 5.13. The maximum absolute atomic E-state index is 12.9. The fourth-order valence-electron chi connectivity index (χ4n) is 2.31. The Balaban J connectivity index is 1.54. The van der Waals surface area contributed by atoms with Crippen molar-refractivity contribution in [2.24, 2.45) is 0 Å². The van der Waals surface area contributed by atoms with Gasteiger partial charge in [-0.05, 0) is 36.9 Å². The second-order valence-electron chi connectivity index (χ2n) is 5.57. The lowest BCUT2D eigenvalue weighted by molar-refractivity contribution is 0.293. The predicted octanol–water partition coefficient (Wildman–Crippen LogP) is 4.02. The Morgan fingerprint density at radius 1 is 1.21 bits per heavy atom. The summed E-state index contributed by atoms with van der Waals surface area (Å²) in [6.07, 6.45) is 7.49. The number of nitrogens with zero attached hydrogens (tertiary/aromatic N) is 3. The first-order valence-corrected chi connectivity index (χ1v) is 7.67. The molecule has 0 fully saturated rings. The molecule has 4 nitrogen and oxygen atoms in total. The molecule has 0 saturated heterocycles. The van der Waals surface area contributed by atoms with Crippen LogP contribution in [0, 0.1) is 5.82 Å². The SMILES string of the molecule is CN(CC=Cc1ccc(F)cc1)Cc1cc(-c2cccnc2)no1. The second kappa shape index (κ2) is 7.66. The van der Waals surface area contributed by atoms with Crippen molar-refractivity contribution in [3.05, 3.63) is 78.1 Å². The normalized spacial score (nSPS) is 11.5. The second-order valence-corrected chi connectivity index (χ2v) is 5.57. The summed E-state index contributed by atoms with van der Waals surface area (Å²) in [5.41, 5.74) is 2.70. The number of benzene rings is 1. The zero-order chi connectivity index (χ0) is 16.8. The topological polar surface area (TPSA) is 42.2 Å². The zero-order valence-electron chi connectivity index (χ0n) is 13.4. The smallest absolute Gasteiger partial charge is 0.151 e. The molecule has 0 amide bonds. The van der Waals surface area contributed by atoms with Gasteiger partial charge in [-0.25, -0.2) is 4.39 Å². The van der Waals surface area contributed by atoms with Gasteiger partial charge in [0.2, 0.25) is 0 Å². The van der Waals surface area contributed by atoms with E-state index in [0.29, 0.717) is 6.54 Å². The first kappa shape index (κ1) is 16.1. The summed E-state index contributed by atoms with van der Waals surface area (Å²) < 4.78 is 18.2. The minimum Gasteiger partial charge on any atom is -0.359 e. The summed E-state index contributed by atoms with van der Waals surface area (Å²) in [6.45, 7) is 1.40. The molecule has 0 spiro atoms. The van der Waals surface area contributed by atoms with Crippen molar-refractivity contribution < 1.29 is 8.91 Å². The van der Waals surface area contributed by atoms with Crippen LogP contribution in [0.4, 0.5) is 4.39 Å². The van der Waals surface area contributed by atoms with E-state index in [2.05, 4.69) is 15.0 Å². The summed E-state index contributed by atoms with van der Waals surface area (Å²) in [7, 11) is 2.00. The monoisotopic (exact) mass is 323 g/mol. The van der Waals surface area contributed by atoms with Crippen molar-refractivity contribution in [1.82, 2.24) is 15.0 Å². The van der Waals surface area contributed by atoms with Gasteiger partial charge < -0.3 is 4.52 Å². The van der Waals surface area contributed by atoms with Gasteiger partial charge in [0.05, 0.1) is 6.54 Å². The molecule has 5 heteroatoms. The van der Waals surface area contributed by atoms with Gasteiger partial charge in [-0.3, -0.25) is 9.88 Å². The molecule has 0 N–H and O–H groups in total. The number of hydrogen-bond acceptors (Lipinski definition) is 4. The Labute approximate surface area is 140 Å². The van der Waals surface area contributed by atoms with Crippen molar-refractivity contribution in [2.75, 3.05) is 13.6 Å². The Hall–Kier alpha value is -2.79. The minimum absolute atomic E-state index is 0.223. The maximum atomic E-state index is 12.9. The van der Waals surface area contributed by atoms with Crippen molar-refractivity contribution >= 4 is 6.08 Å². The van der Waals surface area contributed by atoms with Crippen molar-refractivity contribution in [1.29, 1.82) is 0 Å². The average molecular weight is 323 g/mol. The van der Waals surface area contributed by atoms with E-state index in [9.17, 15) is 4.39 Å². The van der Waals surface area contributed by atoms with Crippen LogP contribution in [0.1, 0.15) is 11.3 Å². The highest BCUT2D eigenvalue weighted by Crippen LogP contribution is 2.18. The molecule has 2 heterocycles. The summed E-state index contributed by atoms with van der Waals surface area (Å²) >= 11 is 0. The molecule has 0 aliphatic rings. The van der Waals surface area contributed by atoms with Crippen LogP contribution in [0.15, 0.2) is 65.5 Å². The molecular weight excluding hydrogens is 305 g/mol. The molecule has 24 heavy (non-hydrogen) atoms. The predicted molar refractivity (Wildman–Crippen MR) is 91.5 cm³/mol. The molecule has 122 valence electrons. The quantitative estimate of drug-likeness (QED) is 0.687. The van der Waals surface area contributed by atoms with Crippen LogP contribution >= 0.6 is 0 Å². The van der Waals surface area contributed by atoms with Gasteiger partial charge in [-0.2, -0.15) is 0 Å². The first-order valence-electron chi connectivity index (χ1n) is 7.67. The Morgan fingerprint density at radius 3 is 2.79 bits per heavy atom. The van der Waals surface area contributed by atoms with E-state index >= 15 is 0 Å². The van der Waals surface area contributed by atoms with Crippen LogP contribution < -0.4 is 0 Å². The highest BCUT2D eigenvalue weighted by Gasteiger charge is 2.08. The zero-order valence-corrected chi connectivity index (χ0v) is 13.4. The third kappa shape index (κ3) is 4.36. The van der Waals surface area contributed by atoms with Crippen molar-refractivity contribution in [2.45, 2.75) is 6.54 Å². The lowest BCUT2D eigenvalue weighted by Gasteiger charge is -2.11. The molecule has 0 atom stereocenters. The van der Waals surface area contributed by atoms with Crippen LogP contribution in [0.3, 0.4) is 0 Å². The van der Waals surface area contributed by atoms with Crippen LogP contribution in [0.5, 0.6) is 0 Å². The molecule has 3 rings (SSSR count). The molecule has 0 aliphatic carbocycles. The highest BCUT2D eigenvalue weighted by molar-refractivity contribution is 5.57. The number of rotatable bonds is 6. The number of hydrogen-bond donors (Lipinski definition) is 0. The van der Waals surface area contributed by atoms with Gasteiger partial charge in [-0.15, -0.1) is 0 Å². The Bertz CT molecular complexity index is 797. The number of halogens is 1. The summed E-state index contributed by atoms with van der Waals surface area (Å²) in [5.74, 6) is 0.575. The Morgan fingerprint density at radius 2 is 2.04 bits per heavy atom. The molecule has 1 aromatic carbocycles. The third-order valence-electron chi connectivity index (χ3n) is 3.54. The lowest BCUT2D eigenvalue weighted by Crippen LogP contribution is -2.17. The molecule has 0 radical (unpaired) electrons. The van der Waals surface area contributed by atoms with Crippen molar-refractivity contribution in [3.8, 4) is 11.3 Å². The van der Waals surface area contributed by atoms with Gasteiger partial charge in [0.25, 0.3) is 0 Å². The molecule has 2 aromatic heterocycles. The largest absolute Gasteiger partial charge is 0.359 e. The van der Waals surface area contributed by atoms with Crippen molar-refractivity contribution in [3.63, 3.8) is 0 Å². The lowest BCUT2D eigenvalue weighted by atomic mass is 10.2. The molecule has 3 aromatic rings. The van der Waals surface area contributed by atoms with Gasteiger partial charge in [0.15, 0.2) is 5.76 Å². The first-order chi connectivity index (χ1) is 11.7. The van der Waals surface area contributed by atoms with Crippen LogP contribution in [0.2, 0.25) is 0 Å². The van der Waals surface area contributed by atoms with Gasteiger partial charge in [0.1, 0.15) is 11.5 Å². The minimum atomic E-state index is -0.223. The number of aromatic nitrogens is 2.